The van der Waals surface area contributed by atoms with Crippen molar-refractivity contribution in [2.45, 2.75) is 25.9 Å². The van der Waals surface area contributed by atoms with E-state index in [0.29, 0.717) is 31.3 Å². The van der Waals surface area contributed by atoms with Crippen molar-refractivity contribution < 1.29 is 9.32 Å². The number of carbonyl (C=O) groups excluding carboxylic acids is 1. The van der Waals surface area contributed by atoms with Crippen LogP contribution in [-0.2, 0) is 17.9 Å². The highest BCUT2D eigenvalue weighted by Crippen LogP contribution is 2.23. The van der Waals surface area contributed by atoms with Gasteiger partial charge in [-0.15, -0.1) is 11.3 Å². The third-order valence-corrected chi connectivity index (χ3v) is 5.50. The molecule has 0 bridgehead atoms. The standard InChI is InChI=1S/C19H21N5O2S/c25-19(21-11-14-4-1-7-20-10-14)15-5-2-8-24(12-15)13-17-22-18(23-26-17)16-6-3-9-27-16/h1,3-4,6-7,9-10,15H,2,5,8,11-13H2,(H,21,25). The second-order valence-corrected chi connectivity index (χ2v) is 7.59. The third-order valence-electron chi connectivity index (χ3n) is 4.63. The minimum Gasteiger partial charge on any atom is -0.352 e. The first-order valence-corrected chi connectivity index (χ1v) is 9.91. The molecule has 7 nitrogen and oxygen atoms in total. The van der Waals surface area contributed by atoms with Gasteiger partial charge in [0, 0.05) is 25.5 Å². The van der Waals surface area contributed by atoms with Gasteiger partial charge in [-0.1, -0.05) is 17.3 Å². The summed E-state index contributed by atoms with van der Waals surface area (Å²) in [5.41, 5.74) is 1.01. The summed E-state index contributed by atoms with van der Waals surface area (Å²) in [6, 6.07) is 7.78. The molecule has 0 saturated carbocycles. The normalized spacial score (nSPS) is 17.7. The number of nitrogens with zero attached hydrogens (tertiary/aromatic N) is 4. The summed E-state index contributed by atoms with van der Waals surface area (Å²) in [5.74, 6) is 1.29. The highest BCUT2D eigenvalue weighted by Gasteiger charge is 2.26. The molecule has 8 heteroatoms. The number of hydrogen-bond donors (Lipinski definition) is 1. The van der Waals surface area contributed by atoms with Gasteiger partial charge in [-0.3, -0.25) is 14.7 Å². The second kappa shape index (κ2) is 8.41. The number of thiophene rings is 1. The molecular weight excluding hydrogens is 362 g/mol. The van der Waals surface area contributed by atoms with Crippen LogP contribution in [0.25, 0.3) is 10.7 Å². The molecule has 0 aromatic carbocycles. The zero-order chi connectivity index (χ0) is 18.5. The van der Waals surface area contributed by atoms with Crippen molar-refractivity contribution in [3.05, 3.63) is 53.5 Å². The minimum absolute atomic E-state index is 0.0184. The molecule has 0 spiro atoms. The number of piperidine rings is 1. The second-order valence-electron chi connectivity index (χ2n) is 6.64. The van der Waals surface area contributed by atoms with Crippen LogP contribution >= 0.6 is 11.3 Å². The van der Waals surface area contributed by atoms with Gasteiger partial charge in [0.05, 0.1) is 17.3 Å². The van der Waals surface area contributed by atoms with Crippen molar-refractivity contribution in [1.82, 2.24) is 25.3 Å². The number of rotatable bonds is 6. The monoisotopic (exact) mass is 383 g/mol. The molecule has 1 atom stereocenters. The molecular formula is C19H21N5O2S. The van der Waals surface area contributed by atoms with Crippen LogP contribution in [0.4, 0.5) is 0 Å². The topological polar surface area (TPSA) is 84.2 Å². The smallest absolute Gasteiger partial charge is 0.241 e. The number of hydrogen-bond acceptors (Lipinski definition) is 7. The lowest BCUT2D eigenvalue weighted by atomic mass is 9.97. The van der Waals surface area contributed by atoms with E-state index < -0.39 is 0 Å². The lowest BCUT2D eigenvalue weighted by Crippen LogP contribution is -2.42. The molecule has 0 radical (unpaired) electrons. The molecule has 140 valence electrons. The van der Waals surface area contributed by atoms with Gasteiger partial charge in [-0.2, -0.15) is 4.98 Å². The quantitative estimate of drug-likeness (QED) is 0.705. The number of aromatic nitrogens is 3. The first kappa shape index (κ1) is 17.8. The fourth-order valence-corrected chi connectivity index (χ4v) is 3.91. The van der Waals surface area contributed by atoms with Crippen LogP contribution in [-0.4, -0.2) is 39.0 Å². The van der Waals surface area contributed by atoms with Gasteiger partial charge < -0.3 is 9.84 Å². The maximum Gasteiger partial charge on any atom is 0.241 e. The molecule has 1 unspecified atom stereocenters. The molecule has 1 N–H and O–H groups in total. The third kappa shape index (κ3) is 4.58. The lowest BCUT2D eigenvalue weighted by molar-refractivity contribution is -0.127. The van der Waals surface area contributed by atoms with Crippen LogP contribution in [0.5, 0.6) is 0 Å². The van der Waals surface area contributed by atoms with Gasteiger partial charge >= 0.3 is 0 Å². The van der Waals surface area contributed by atoms with E-state index in [1.807, 2.05) is 29.6 Å². The van der Waals surface area contributed by atoms with Crippen LogP contribution in [0.3, 0.4) is 0 Å². The van der Waals surface area contributed by atoms with E-state index in [1.54, 1.807) is 23.7 Å². The number of nitrogens with one attached hydrogen (secondary N) is 1. The Balaban J connectivity index is 1.31. The van der Waals surface area contributed by atoms with Gasteiger partial charge in [0.2, 0.25) is 17.6 Å². The van der Waals surface area contributed by atoms with E-state index in [9.17, 15) is 4.79 Å². The molecule has 4 rings (SSSR count). The highest BCUT2D eigenvalue weighted by atomic mass is 32.1. The van der Waals surface area contributed by atoms with E-state index >= 15 is 0 Å². The molecule has 4 heterocycles. The molecule has 1 aliphatic rings. The summed E-state index contributed by atoms with van der Waals surface area (Å²) in [7, 11) is 0. The average Bonchev–Trinajstić information content (AvgIpc) is 3.39. The van der Waals surface area contributed by atoms with Crippen molar-refractivity contribution in [3.63, 3.8) is 0 Å². The average molecular weight is 383 g/mol. The largest absolute Gasteiger partial charge is 0.352 e. The maximum atomic E-state index is 12.5. The van der Waals surface area contributed by atoms with Gasteiger partial charge in [0.25, 0.3) is 0 Å². The summed E-state index contributed by atoms with van der Waals surface area (Å²) in [6.07, 6.45) is 5.39. The fourth-order valence-electron chi connectivity index (χ4n) is 3.27. The van der Waals surface area contributed by atoms with Crippen LogP contribution in [0.15, 0.2) is 46.6 Å². The molecule has 1 amide bonds. The van der Waals surface area contributed by atoms with Crippen molar-refractivity contribution in [3.8, 4) is 10.7 Å². The van der Waals surface area contributed by atoms with Crippen molar-refractivity contribution in [2.75, 3.05) is 13.1 Å². The summed E-state index contributed by atoms with van der Waals surface area (Å²) in [6.45, 7) is 2.72. The molecule has 1 aliphatic heterocycles. The first-order chi connectivity index (χ1) is 13.3. The fraction of sp³-hybridized carbons (Fsp3) is 0.368. The Kier molecular flexibility index (Phi) is 5.55. The van der Waals surface area contributed by atoms with E-state index in [-0.39, 0.29) is 11.8 Å². The van der Waals surface area contributed by atoms with Gasteiger partial charge in [0.1, 0.15) is 0 Å². The van der Waals surface area contributed by atoms with Crippen molar-refractivity contribution in [2.24, 2.45) is 5.92 Å². The Hall–Kier alpha value is -2.58. The summed E-state index contributed by atoms with van der Waals surface area (Å²) in [5, 5.41) is 9.06. The van der Waals surface area contributed by atoms with Crippen molar-refractivity contribution >= 4 is 17.2 Å². The molecule has 3 aromatic rings. The highest BCUT2D eigenvalue weighted by molar-refractivity contribution is 7.13. The number of carbonyl (C=O) groups is 1. The Labute approximate surface area is 161 Å². The van der Waals surface area contributed by atoms with Gasteiger partial charge in [0.15, 0.2) is 0 Å². The van der Waals surface area contributed by atoms with Crippen LogP contribution in [0, 0.1) is 5.92 Å². The zero-order valence-electron chi connectivity index (χ0n) is 14.9. The van der Waals surface area contributed by atoms with E-state index in [4.69, 9.17) is 4.52 Å². The zero-order valence-corrected chi connectivity index (χ0v) is 15.7. The van der Waals surface area contributed by atoms with Gasteiger partial charge in [-0.25, -0.2) is 0 Å². The first-order valence-electron chi connectivity index (χ1n) is 9.03. The summed E-state index contributed by atoms with van der Waals surface area (Å²) >= 11 is 1.59. The van der Waals surface area contributed by atoms with Crippen LogP contribution < -0.4 is 5.32 Å². The van der Waals surface area contributed by atoms with E-state index in [1.165, 1.54) is 0 Å². The number of amides is 1. The minimum atomic E-state index is -0.0184. The Morgan fingerprint density at radius 1 is 1.37 bits per heavy atom. The molecule has 0 aliphatic carbocycles. The molecule has 3 aromatic heterocycles. The molecule has 27 heavy (non-hydrogen) atoms. The van der Waals surface area contributed by atoms with Crippen LogP contribution in [0.1, 0.15) is 24.3 Å². The van der Waals surface area contributed by atoms with Crippen LogP contribution in [0.2, 0.25) is 0 Å². The van der Waals surface area contributed by atoms with Gasteiger partial charge in [-0.05, 0) is 42.5 Å². The summed E-state index contributed by atoms with van der Waals surface area (Å²) < 4.78 is 5.39. The number of pyridine rings is 1. The predicted octanol–water partition coefficient (Wildman–Crippen LogP) is 2.72. The predicted molar refractivity (Wildman–Crippen MR) is 102 cm³/mol. The molecule has 1 saturated heterocycles. The summed E-state index contributed by atoms with van der Waals surface area (Å²) in [4.78, 5) is 24.3. The molecule has 1 fully saturated rings. The Morgan fingerprint density at radius 2 is 2.33 bits per heavy atom. The Bertz CT molecular complexity index is 865. The van der Waals surface area contributed by atoms with E-state index in [2.05, 4.69) is 25.3 Å². The van der Waals surface area contributed by atoms with E-state index in [0.717, 1.165) is 29.8 Å². The maximum absolute atomic E-state index is 12.5. The SMILES string of the molecule is O=C(NCc1cccnc1)C1CCCN(Cc2nc(-c3cccs3)no2)C1. The number of likely N-dealkylation sites (tertiary alicyclic amines) is 1. The lowest BCUT2D eigenvalue weighted by Gasteiger charge is -2.30. The Morgan fingerprint density at radius 3 is 3.15 bits per heavy atom. The van der Waals surface area contributed by atoms with Crippen molar-refractivity contribution in [1.29, 1.82) is 0 Å².